The van der Waals surface area contributed by atoms with Gasteiger partial charge in [0, 0.05) is 36.0 Å². The lowest BCUT2D eigenvalue weighted by Gasteiger charge is -2.32. The van der Waals surface area contributed by atoms with Crippen LogP contribution in [0.5, 0.6) is 0 Å². The van der Waals surface area contributed by atoms with Crippen molar-refractivity contribution in [3.63, 3.8) is 0 Å². The number of halogens is 2. The van der Waals surface area contributed by atoms with Crippen molar-refractivity contribution in [2.24, 2.45) is 0 Å². The van der Waals surface area contributed by atoms with E-state index in [2.05, 4.69) is 5.32 Å². The number of hydrogen-bond acceptors (Lipinski definition) is 2. The number of amides is 2. The van der Waals surface area contributed by atoms with Crippen LogP contribution in [0.2, 0.25) is 10.0 Å². The Morgan fingerprint density at radius 3 is 1.76 bits per heavy atom. The molecule has 6 heteroatoms. The summed E-state index contributed by atoms with van der Waals surface area (Å²) in [6.07, 6.45) is 1.30. The quantitative estimate of drug-likeness (QED) is 0.223. The SMILES string of the molecule is O=C(NCc1ccc(Cl)cc1)C(Cc1ccccc1)N(Cc1ccc(Cl)cc1)C(=O)CCc1ccccc1. The molecule has 38 heavy (non-hydrogen) atoms. The van der Waals surface area contributed by atoms with Crippen molar-refractivity contribution in [1.82, 2.24) is 10.2 Å². The van der Waals surface area contributed by atoms with E-state index in [1.165, 1.54) is 0 Å². The summed E-state index contributed by atoms with van der Waals surface area (Å²) in [4.78, 5) is 29.1. The lowest BCUT2D eigenvalue weighted by atomic mass is 10.0. The first-order valence-corrected chi connectivity index (χ1v) is 13.4. The van der Waals surface area contributed by atoms with Gasteiger partial charge in [-0.2, -0.15) is 0 Å². The molecule has 0 aromatic heterocycles. The van der Waals surface area contributed by atoms with E-state index in [0.29, 0.717) is 42.4 Å². The molecule has 0 aliphatic carbocycles. The van der Waals surface area contributed by atoms with Gasteiger partial charge < -0.3 is 10.2 Å². The number of carbonyl (C=O) groups is 2. The van der Waals surface area contributed by atoms with Crippen LogP contribution in [0.1, 0.15) is 28.7 Å². The number of benzene rings is 4. The molecule has 0 heterocycles. The van der Waals surface area contributed by atoms with E-state index in [4.69, 9.17) is 23.2 Å². The smallest absolute Gasteiger partial charge is 0.243 e. The third-order valence-corrected chi connectivity index (χ3v) is 6.89. The molecule has 2 amide bonds. The number of carbonyl (C=O) groups excluding carboxylic acids is 2. The summed E-state index contributed by atoms with van der Waals surface area (Å²) >= 11 is 12.1. The Bertz CT molecular complexity index is 1310. The Hall–Kier alpha value is -3.60. The highest BCUT2D eigenvalue weighted by Gasteiger charge is 2.30. The topological polar surface area (TPSA) is 49.4 Å². The van der Waals surface area contributed by atoms with Gasteiger partial charge in [0.2, 0.25) is 11.8 Å². The Kier molecular flexibility index (Phi) is 9.97. The first-order valence-electron chi connectivity index (χ1n) is 12.6. The van der Waals surface area contributed by atoms with Crippen LogP contribution in [0, 0.1) is 0 Å². The maximum Gasteiger partial charge on any atom is 0.243 e. The molecule has 0 aliphatic heterocycles. The molecule has 0 aliphatic rings. The predicted octanol–water partition coefficient (Wildman–Crippen LogP) is 6.88. The zero-order valence-electron chi connectivity index (χ0n) is 21.0. The molecule has 4 nitrogen and oxygen atoms in total. The highest BCUT2D eigenvalue weighted by Crippen LogP contribution is 2.19. The van der Waals surface area contributed by atoms with Gasteiger partial charge in [0.25, 0.3) is 0 Å². The largest absolute Gasteiger partial charge is 0.350 e. The van der Waals surface area contributed by atoms with Gasteiger partial charge >= 0.3 is 0 Å². The standard InChI is InChI=1S/C32H30Cl2N2O2/c33-28-16-11-26(12-17-28)22-35-32(38)30(21-25-9-5-2-6-10-25)36(23-27-13-18-29(34)19-14-27)31(37)20-15-24-7-3-1-4-8-24/h1-14,16-19,30H,15,20-23H2,(H,35,38). The van der Waals surface area contributed by atoms with E-state index in [-0.39, 0.29) is 11.8 Å². The van der Waals surface area contributed by atoms with Crippen LogP contribution in [0.25, 0.3) is 0 Å². The molecule has 4 aromatic carbocycles. The summed E-state index contributed by atoms with van der Waals surface area (Å²) in [6, 6.07) is 33.8. The van der Waals surface area contributed by atoms with Gasteiger partial charge in [-0.15, -0.1) is 0 Å². The number of nitrogens with one attached hydrogen (secondary N) is 1. The summed E-state index contributed by atoms with van der Waals surface area (Å²) in [5.74, 6) is -0.280. The fourth-order valence-electron chi connectivity index (χ4n) is 4.29. The molecule has 1 atom stereocenters. The second kappa shape index (κ2) is 13.8. The van der Waals surface area contributed by atoms with Crippen LogP contribution in [0.4, 0.5) is 0 Å². The fraction of sp³-hybridized carbons (Fsp3) is 0.188. The Balaban J connectivity index is 1.60. The van der Waals surface area contributed by atoms with Gasteiger partial charge in [0.15, 0.2) is 0 Å². The van der Waals surface area contributed by atoms with E-state index >= 15 is 0 Å². The van der Waals surface area contributed by atoms with E-state index in [9.17, 15) is 9.59 Å². The van der Waals surface area contributed by atoms with Crippen molar-refractivity contribution in [3.05, 3.63) is 141 Å². The van der Waals surface area contributed by atoms with Crippen molar-refractivity contribution in [1.29, 1.82) is 0 Å². The third-order valence-electron chi connectivity index (χ3n) is 6.39. The minimum Gasteiger partial charge on any atom is -0.350 e. The molecule has 0 saturated heterocycles. The van der Waals surface area contributed by atoms with Gasteiger partial charge in [0.05, 0.1) is 0 Å². The fourth-order valence-corrected chi connectivity index (χ4v) is 4.54. The van der Waals surface area contributed by atoms with Crippen LogP contribution in [-0.2, 0) is 35.5 Å². The molecule has 1 N–H and O–H groups in total. The minimum atomic E-state index is -0.691. The predicted molar refractivity (Wildman–Crippen MR) is 154 cm³/mol. The first kappa shape index (κ1) is 27.4. The molecule has 4 rings (SSSR count). The van der Waals surface area contributed by atoms with Gasteiger partial charge in [-0.25, -0.2) is 0 Å². The van der Waals surface area contributed by atoms with E-state index in [1.54, 1.807) is 29.2 Å². The lowest BCUT2D eigenvalue weighted by molar-refractivity contribution is -0.141. The van der Waals surface area contributed by atoms with Crippen LogP contribution >= 0.6 is 23.2 Å². The van der Waals surface area contributed by atoms with Crippen molar-refractivity contribution in [2.45, 2.75) is 38.4 Å². The van der Waals surface area contributed by atoms with Gasteiger partial charge in [-0.05, 0) is 52.9 Å². The van der Waals surface area contributed by atoms with Gasteiger partial charge in [0.1, 0.15) is 6.04 Å². The van der Waals surface area contributed by atoms with Crippen molar-refractivity contribution >= 4 is 35.0 Å². The van der Waals surface area contributed by atoms with Crippen LogP contribution < -0.4 is 5.32 Å². The second-order valence-electron chi connectivity index (χ2n) is 9.18. The highest BCUT2D eigenvalue weighted by atomic mass is 35.5. The Morgan fingerprint density at radius 2 is 1.18 bits per heavy atom. The molecule has 194 valence electrons. The molecule has 1 unspecified atom stereocenters. The summed E-state index contributed by atoms with van der Waals surface area (Å²) in [5.41, 5.74) is 3.90. The molecular weight excluding hydrogens is 515 g/mol. The van der Waals surface area contributed by atoms with Crippen molar-refractivity contribution < 1.29 is 9.59 Å². The average molecular weight is 546 g/mol. The van der Waals surface area contributed by atoms with Crippen molar-refractivity contribution in [3.8, 4) is 0 Å². The summed E-state index contributed by atoms with van der Waals surface area (Å²) in [7, 11) is 0. The van der Waals surface area contributed by atoms with E-state index < -0.39 is 6.04 Å². The maximum atomic E-state index is 13.7. The number of nitrogens with zero attached hydrogens (tertiary/aromatic N) is 1. The van der Waals surface area contributed by atoms with Crippen LogP contribution in [-0.4, -0.2) is 22.8 Å². The summed E-state index contributed by atoms with van der Waals surface area (Å²) < 4.78 is 0. The van der Waals surface area contributed by atoms with Gasteiger partial charge in [-0.1, -0.05) is 108 Å². The zero-order chi connectivity index (χ0) is 26.7. The highest BCUT2D eigenvalue weighted by molar-refractivity contribution is 6.30. The normalized spacial score (nSPS) is 11.5. The molecule has 0 bridgehead atoms. The average Bonchev–Trinajstić information content (AvgIpc) is 2.95. The number of aryl methyl sites for hydroxylation is 1. The Morgan fingerprint density at radius 1 is 0.658 bits per heavy atom. The molecule has 0 spiro atoms. The Labute approximate surface area is 234 Å². The lowest BCUT2D eigenvalue weighted by Crippen LogP contribution is -2.50. The molecule has 4 aromatic rings. The zero-order valence-corrected chi connectivity index (χ0v) is 22.5. The molecule has 0 radical (unpaired) electrons. The maximum absolute atomic E-state index is 13.7. The monoisotopic (exact) mass is 544 g/mol. The number of hydrogen-bond donors (Lipinski definition) is 1. The first-order chi connectivity index (χ1) is 18.5. The molecule has 0 fully saturated rings. The summed E-state index contributed by atoms with van der Waals surface area (Å²) in [5, 5.41) is 4.31. The second-order valence-corrected chi connectivity index (χ2v) is 10.1. The van der Waals surface area contributed by atoms with Crippen LogP contribution in [0.15, 0.2) is 109 Å². The van der Waals surface area contributed by atoms with Crippen molar-refractivity contribution in [2.75, 3.05) is 0 Å². The van der Waals surface area contributed by atoms with Gasteiger partial charge in [-0.3, -0.25) is 9.59 Å². The number of rotatable bonds is 11. The molecule has 0 saturated carbocycles. The van der Waals surface area contributed by atoms with E-state index in [1.807, 2.05) is 84.9 Å². The summed E-state index contributed by atoms with van der Waals surface area (Å²) in [6.45, 7) is 0.644. The van der Waals surface area contributed by atoms with E-state index in [0.717, 1.165) is 22.3 Å². The third kappa shape index (κ3) is 8.20. The molecular formula is C32H30Cl2N2O2. The van der Waals surface area contributed by atoms with Crippen LogP contribution in [0.3, 0.4) is 0 Å². The minimum absolute atomic E-state index is 0.0774.